The summed E-state index contributed by atoms with van der Waals surface area (Å²) in [6.45, 7) is 1.67. The number of nitrogens with zero attached hydrogens (tertiary/aromatic N) is 1. The molecular formula is C31H36N2O8. The highest BCUT2D eigenvalue weighted by atomic mass is 16.6. The van der Waals surface area contributed by atoms with Crippen molar-refractivity contribution in [3.05, 3.63) is 53.2 Å². The number of esters is 2. The van der Waals surface area contributed by atoms with E-state index in [2.05, 4.69) is 28.1 Å². The molecule has 2 aromatic carbocycles. The van der Waals surface area contributed by atoms with Gasteiger partial charge in [-0.05, 0) is 54.9 Å². The fourth-order valence-corrected chi connectivity index (χ4v) is 7.34. The first-order valence-corrected chi connectivity index (χ1v) is 14.0. The number of nitrogens with one attached hydrogen (secondary N) is 1. The molecule has 2 fully saturated rings. The summed E-state index contributed by atoms with van der Waals surface area (Å²) in [4.78, 5) is 32.9. The predicted molar refractivity (Wildman–Crippen MR) is 149 cm³/mol. The summed E-state index contributed by atoms with van der Waals surface area (Å²) in [6, 6.07) is 11.4. The van der Waals surface area contributed by atoms with Crippen LogP contribution in [0.2, 0.25) is 0 Å². The largest absolute Gasteiger partial charge is 0.493 e. The zero-order chi connectivity index (χ0) is 28.8. The Morgan fingerprint density at radius 1 is 1.00 bits per heavy atom. The SMILES string of the molecule is COC(=O)[C@H]1[C@H]2C[C@H]3c4[nH]c5ccccc5c4CCN3C[C@H]2C[C@H](O)[C@H]1OC(=O)c1cc(OC)c(OC)c(OC)c1. The topological polar surface area (TPSA) is 120 Å². The van der Waals surface area contributed by atoms with E-state index in [4.69, 9.17) is 23.7 Å². The van der Waals surface area contributed by atoms with Crippen molar-refractivity contribution >= 4 is 22.8 Å². The van der Waals surface area contributed by atoms with E-state index < -0.39 is 30.1 Å². The molecule has 0 radical (unpaired) electrons. The molecule has 3 aromatic rings. The molecule has 0 spiro atoms. The lowest BCUT2D eigenvalue weighted by Crippen LogP contribution is -2.58. The van der Waals surface area contributed by atoms with E-state index in [1.54, 1.807) is 0 Å². The number of H-pyrrole nitrogens is 1. The van der Waals surface area contributed by atoms with E-state index in [9.17, 15) is 14.7 Å². The fourth-order valence-electron chi connectivity index (χ4n) is 7.34. The Hall–Kier alpha value is -3.76. The van der Waals surface area contributed by atoms with Gasteiger partial charge in [-0.3, -0.25) is 9.69 Å². The van der Waals surface area contributed by atoms with E-state index in [0.717, 1.165) is 25.0 Å². The van der Waals surface area contributed by atoms with Crippen LogP contribution in [0.15, 0.2) is 36.4 Å². The second kappa shape index (κ2) is 10.9. The number of carbonyl (C=O) groups is 2. The standard InChI is InChI=1S/C31H36N2O8/c1-37-24-12-16(13-25(38-2)29(24)39-3)30(35)41-28-23(34)11-17-15-33-10-9-19-18-7-5-6-8-21(18)32-27(19)22(33)14-20(17)26(28)31(36)40-4/h5-8,12-13,17,20,22-23,26,28,32,34H,9-11,14-15H2,1-4H3/t17-,20+,22+,23+,26+,28-/m1/s1. The molecule has 1 aromatic heterocycles. The van der Waals surface area contributed by atoms with Crippen LogP contribution in [0.1, 0.15) is 40.5 Å². The number of hydrogen-bond acceptors (Lipinski definition) is 9. The van der Waals surface area contributed by atoms with Crippen molar-refractivity contribution in [1.29, 1.82) is 0 Å². The van der Waals surface area contributed by atoms with Crippen LogP contribution >= 0.6 is 0 Å². The molecule has 3 aliphatic rings. The lowest BCUT2D eigenvalue weighted by Gasteiger charge is -2.52. The fraction of sp³-hybridized carbons (Fsp3) is 0.484. The molecule has 6 atom stereocenters. The number of ether oxygens (including phenoxy) is 5. The molecule has 218 valence electrons. The minimum absolute atomic E-state index is 0.0624. The van der Waals surface area contributed by atoms with Gasteiger partial charge in [-0.15, -0.1) is 0 Å². The van der Waals surface area contributed by atoms with Gasteiger partial charge in [0.1, 0.15) is 6.10 Å². The van der Waals surface area contributed by atoms with Gasteiger partial charge in [0.25, 0.3) is 0 Å². The molecule has 2 N–H and O–H groups in total. The Bertz CT molecular complexity index is 1440. The summed E-state index contributed by atoms with van der Waals surface area (Å²) < 4.78 is 27.3. The van der Waals surface area contributed by atoms with Crippen LogP contribution in [0.5, 0.6) is 17.2 Å². The molecule has 1 saturated carbocycles. The van der Waals surface area contributed by atoms with Crippen molar-refractivity contribution in [2.75, 3.05) is 41.5 Å². The molecule has 0 bridgehead atoms. The second-order valence-electron chi connectivity index (χ2n) is 11.1. The highest BCUT2D eigenvalue weighted by molar-refractivity contribution is 5.91. The first-order valence-electron chi connectivity index (χ1n) is 14.0. The van der Waals surface area contributed by atoms with E-state index in [1.807, 2.05) is 6.07 Å². The van der Waals surface area contributed by atoms with Crippen molar-refractivity contribution in [3.63, 3.8) is 0 Å². The molecule has 0 unspecified atom stereocenters. The van der Waals surface area contributed by atoms with E-state index in [-0.39, 0.29) is 23.4 Å². The Morgan fingerprint density at radius 3 is 2.41 bits per heavy atom. The van der Waals surface area contributed by atoms with E-state index in [0.29, 0.717) is 30.1 Å². The van der Waals surface area contributed by atoms with Gasteiger partial charge in [0, 0.05) is 29.7 Å². The number of methoxy groups -OCH3 is 4. The molecule has 41 heavy (non-hydrogen) atoms. The van der Waals surface area contributed by atoms with Crippen LogP contribution in [-0.2, 0) is 20.7 Å². The van der Waals surface area contributed by atoms with Gasteiger partial charge >= 0.3 is 11.9 Å². The van der Waals surface area contributed by atoms with Crippen LogP contribution in [0.25, 0.3) is 10.9 Å². The maximum absolute atomic E-state index is 13.5. The third-order valence-electron chi connectivity index (χ3n) is 9.20. The number of aliphatic hydroxyl groups excluding tert-OH is 1. The lowest BCUT2D eigenvalue weighted by atomic mass is 9.64. The zero-order valence-electron chi connectivity index (χ0n) is 23.7. The summed E-state index contributed by atoms with van der Waals surface area (Å²) in [7, 11) is 5.73. The third kappa shape index (κ3) is 4.59. The van der Waals surface area contributed by atoms with Gasteiger partial charge in [-0.2, -0.15) is 0 Å². The number of rotatable bonds is 6. The summed E-state index contributed by atoms with van der Waals surface area (Å²) in [6.07, 6.45) is -0.0156. The Kier molecular flexibility index (Phi) is 7.29. The van der Waals surface area contributed by atoms with E-state index >= 15 is 0 Å². The molecule has 1 saturated heterocycles. The highest BCUT2D eigenvalue weighted by Gasteiger charge is 2.54. The second-order valence-corrected chi connectivity index (χ2v) is 11.1. The van der Waals surface area contributed by atoms with Crippen molar-refractivity contribution in [2.45, 2.75) is 37.5 Å². The average molecular weight is 565 g/mol. The van der Waals surface area contributed by atoms with Gasteiger partial charge in [0.2, 0.25) is 5.75 Å². The Labute approximate surface area is 238 Å². The van der Waals surface area contributed by atoms with Crippen LogP contribution in [-0.4, -0.2) is 80.7 Å². The van der Waals surface area contributed by atoms with Crippen molar-refractivity contribution in [1.82, 2.24) is 9.88 Å². The normalized spacial score (nSPS) is 27.2. The van der Waals surface area contributed by atoms with Crippen LogP contribution < -0.4 is 14.2 Å². The lowest BCUT2D eigenvalue weighted by molar-refractivity contribution is -0.172. The first kappa shape index (κ1) is 27.4. The summed E-state index contributed by atoms with van der Waals surface area (Å²) in [5.41, 5.74) is 3.79. The number of para-hydroxylation sites is 1. The molecule has 10 nitrogen and oxygen atoms in total. The molecule has 2 aliphatic heterocycles. The number of benzene rings is 2. The van der Waals surface area contributed by atoms with Crippen LogP contribution in [0.3, 0.4) is 0 Å². The maximum Gasteiger partial charge on any atom is 0.338 e. The number of fused-ring (bicyclic) bond motifs is 6. The van der Waals surface area contributed by atoms with Gasteiger partial charge < -0.3 is 33.8 Å². The van der Waals surface area contributed by atoms with Crippen molar-refractivity contribution < 1.29 is 38.4 Å². The molecule has 3 heterocycles. The zero-order valence-corrected chi connectivity index (χ0v) is 23.7. The minimum Gasteiger partial charge on any atom is -0.493 e. The Balaban J connectivity index is 1.31. The summed E-state index contributed by atoms with van der Waals surface area (Å²) in [5.74, 6) is -1.13. The molecule has 0 amide bonds. The maximum atomic E-state index is 13.5. The number of aromatic amines is 1. The Morgan fingerprint density at radius 2 is 1.73 bits per heavy atom. The quantitative estimate of drug-likeness (QED) is 0.434. The number of hydrogen-bond donors (Lipinski definition) is 2. The van der Waals surface area contributed by atoms with Gasteiger partial charge in [-0.25, -0.2) is 4.79 Å². The minimum atomic E-state index is -1.06. The van der Waals surface area contributed by atoms with Crippen LogP contribution in [0, 0.1) is 17.8 Å². The van der Waals surface area contributed by atoms with Crippen molar-refractivity contribution in [3.8, 4) is 17.2 Å². The number of piperidine rings is 1. The first-order chi connectivity index (χ1) is 19.9. The molecule has 10 heteroatoms. The van der Waals surface area contributed by atoms with Gasteiger partial charge in [0.05, 0.1) is 52.1 Å². The number of carbonyl (C=O) groups excluding carboxylic acids is 2. The number of aliphatic hydroxyl groups is 1. The molecule has 1 aliphatic carbocycles. The van der Waals surface area contributed by atoms with Gasteiger partial charge in [-0.1, -0.05) is 18.2 Å². The third-order valence-corrected chi connectivity index (χ3v) is 9.20. The predicted octanol–water partition coefficient (Wildman–Crippen LogP) is 3.51. The van der Waals surface area contributed by atoms with Crippen molar-refractivity contribution in [2.24, 2.45) is 17.8 Å². The van der Waals surface area contributed by atoms with Crippen LogP contribution in [0.4, 0.5) is 0 Å². The van der Waals surface area contributed by atoms with Gasteiger partial charge in [0.15, 0.2) is 11.5 Å². The molecular weight excluding hydrogens is 528 g/mol. The smallest absolute Gasteiger partial charge is 0.338 e. The summed E-state index contributed by atoms with van der Waals surface area (Å²) >= 11 is 0. The highest BCUT2D eigenvalue weighted by Crippen LogP contribution is 2.50. The molecule has 6 rings (SSSR count). The summed E-state index contributed by atoms with van der Waals surface area (Å²) in [5, 5.41) is 12.5. The number of aromatic nitrogens is 1. The monoisotopic (exact) mass is 564 g/mol. The average Bonchev–Trinajstić information content (AvgIpc) is 3.38. The van der Waals surface area contributed by atoms with E-state index in [1.165, 1.54) is 57.2 Å².